The van der Waals surface area contributed by atoms with Gasteiger partial charge in [-0.1, -0.05) is 0 Å². The number of amides is 1. The van der Waals surface area contributed by atoms with E-state index in [1.165, 1.54) is 0 Å². The zero-order chi connectivity index (χ0) is 16.6. The first-order chi connectivity index (χ1) is 11.0. The molecule has 124 valence electrons. The smallest absolute Gasteiger partial charge is 0.255 e. The number of carbonyl (C=O) groups excluding carboxylic acids is 1. The molecule has 3 rings (SSSR count). The van der Waals surface area contributed by atoms with Gasteiger partial charge >= 0.3 is 0 Å². The molecular weight excluding hydrogens is 290 g/mol. The van der Waals surface area contributed by atoms with Crippen LogP contribution in [0.25, 0.3) is 11.0 Å². The minimum Gasteiger partial charge on any atom is -0.338 e. The van der Waals surface area contributed by atoms with E-state index >= 15 is 0 Å². The van der Waals surface area contributed by atoms with Gasteiger partial charge in [0, 0.05) is 36.8 Å². The summed E-state index contributed by atoms with van der Waals surface area (Å²) in [6, 6.07) is 2.74. The van der Waals surface area contributed by atoms with Crippen molar-refractivity contribution in [1.29, 1.82) is 0 Å². The molecule has 0 radical (unpaired) electrons. The maximum Gasteiger partial charge on any atom is 0.255 e. The van der Waals surface area contributed by atoms with E-state index in [9.17, 15) is 4.79 Å². The van der Waals surface area contributed by atoms with Crippen molar-refractivity contribution in [2.24, 2.45) is 0 Å². The number of pyridine rings is 1. The maximum absolute atomic E-state index is 12.7. The molecule has 6 heteroatoms. The van der Waals surface area contributed by atoms with Gasteiger partial charge in [-0.25, -0.2) is 9.67 Å². The number of piperidine rings is 1. The lowest BCUT2D eigenvalue weighted by molar-refractivity contribution is 0.0663. The number of aromatic nitrogens is 3. The van der Waals surface area contributed by atoms with Gasteiger partial charge in [-0.15, -0.1) is 0 Å². The van der Waals surface area contributed by atoms with Gasteiger partial charge in [0.05, 0.1) is 11.8 Å². The standard InChI is InChI=1S/C17H25N5O/c1-12(2)22-16-13(11-19-22)9-14(10-18-16)17(23)21-7-5-15(6-8-21)20(3)4/h9-12,15H,5-8H2,1-4H3. The average Bonchev–Trinajstić information content (AvgIpc) is 2.97. The van der Waals surface area contributed by atoms with Crippen LogP contribution in [-0.2, 0) is 0 Å². The van der Waals surface area contributed by atoms with Crippen molar-refractivity contribution in [2.45, 2.75) is 38.8 Å². The fraction of sp³-hybridized carbons (Fsp3) is 0.588. The number of fused-ring (bicyclic) bond motifs is 1. The van der Waals surface area contributed by atoms with Crippen LogP contribution < -0.4 is 0 Å². The molecule has 2 aromatic rings. The summed E-state index contributed by atoms with van der Waals surface area (Å²) in [5.74, 6) is 0.0777. The first kappa shape index (κ1) is 15.9. The maximum atomic E-state index is 12.7. The first-order valence-electron chi connectivity index (χ1n) is 8.26. The van der Waals surface area contributed by atoms with Crippen molar-refractivity contribution in [3.05, 3.63) is 24.0 Å². The molecule has 0 N–H and O–H groups in total. The zero-order valence-corrected chi connectivity index (χ0v) is 14.4. The van der Waals surface area contributed by atoms with Gasteiger partial charge in [-0.2, -0.15) is 5.10 Å². The Balaban J connectivity index is 1.77. The van der Waals surface area contributed by atoms with Crippen molar-refractivity contribution in [3.63, 3.8) is 0 Å². The second-order valence-corrected chi connectivity index (χ2v) is 6.81. The number of hydrogen-bond acceptors (Lipinski definition) is 4. The Morgan fingerprint density at radius 3 is 2.57 bits per heavy atom. The lowest BCUT2D eigenvalue weighted by Gasteiger charge is -2.35. The Bertz CT molecular complexity index is 698. The number of hydrogen-bond donors (Lipinski definition) is 0. The minimum absolute atomic E-state index is 0.0777. The van der Waals surface area contributed by atoms with E-state index in [0.29, 0.717) is 11.6 Å². The zero-order valence-electron chi connectivity index (χ0n) is 14.4. The molecule has 3 heterocycles. The minimum atomic E-state index is 0.0777. The molecule has 0 atom stereocenters. The van der Waals surface area contributed by atoms with Gasteiger partial charge in [0.2, 0.25) is 0 Å². The highest BCUT2D eigenvalue weighted by Gasteiger charge is 2.25. The molecule has 0 spiro atoms. The van der Waals surface area contributed by atoms with E-state index in [1.807, 2.05) is 15.6 Å². The molecule has 1 amide bonds. The molecule has 0 saturated carbocycles. The highest BCUT2D eigenvalue weighted by Crippen LogP contribution is 2.20. The molecule has 0 aliphatic carbocycles. The average molecular weight is 315 g/mol. The highest BCUT2D eigenvalue weighted by atomic mass is 16.2. The van der Waals surface area contributed by atoms with Crippen molar-refractivity contribution in [3.8, 4) is 0 Å². The Morgan fingerprint density at radius 1 is 1.26 bits per heavy atom. The van der Waals surface area contributed by atoms with Crippen molar-refractivity contribution < 1.29 is 4.79 Å². The van der Waals surface area contributed by atoms with Crippen LogP contribution in [0.4, 0.5) is 0 Å². The van der Waals surface area contributed by atoms with Crippen LogP contribution in [0.2, 0.25) is 0 Å². The third-order valence-corrected chi connectivity index (χ3v) is 4.65. The number of rotatable bonds is 3. The molecule has 1 aliphatic rings. The van der Waals surface area contributed by atoms with Gasteiger partial charge in [0.1, 0.15) is 0 Å². The van der Waals surface area contributed by atoms with Crippen molar-refractivity contribution in [2.75, 3.05) is 27.2 Å². The van der Waals surface area contributed by atoms with Crippen LogP contribution in [0.3, 0.4) is 0 Å². The van der Waals surface area contributed by atoms with Crippen LogP contribution in [0.1, 0.15) is 43.1 Å². The highest BCUT2D eigenvalue weighted by molar-refractivity contribution is 5.96. The van der Waals surface area contributed by atoms with Crippen LogP contribution in [0.15, 0.2) is 18.5 Å². The van der Waals surface area contributed by atoms with Gasteiger partial charge in [-0.05, 0) is 46.9 Å². The summed E-state index contributed by atoms with van der Waals surface area (Å²) in [5.41, 5.74) is 1.49. The molecule has 0 aromatic carbocycles. The van der Waals surface area contributed by atoms with E-state index in [-0.39, 0.29) is 11.9 Å². The van der Waals surface area contributed by atoms with Crippen LogP contribution in [0.5, 0.6) is 0 Å². The fourth-order valence-electron chi connectivity index (χ4n) is 3.20. The molecular formula is C17H25N5O. The lowest BCUT2D eigenvalue weighted by Crippen LogP contribution is -2.44. The first-order valence-corrected chi connectivity index (χ1v) is 8.26. The van der Waals surface area contributed by atoms with E-state index in [4.69, 9.17) is 0 Å². The summed E-state index contributed by atoms with van der Waals surface area (Å²) in [5, 5.41) is 5.28. The van der Waals surface area contributed by atoms with Crippen LogP contribution >= 0.6 is 0 Å². The summed E-state index contributed by atoms with van der Waals surface area (Å²) >= 11 is 0. The Kier molecular flexibility index (Phi) is 4.35. The third-order valence-electron chi connectivity index (χ3n) is 4.65. The molecule has 1 fully saturated rings. The van der Waals surface area contributed by atoms with Crippen LogP contribution in [0, 0.1) is 0 Å². The van der Waals surface area contributed by atoms with Crippen LogP contribution in [-0.4, -0.2) is 63.7 Å². The Morgan fingerprint density at radius 2 is 1.96 bits per heavy atom. The number of carbonyl (C=O) groups is 1. The monoisotopic (exact) mass is 315 g/mol. The second kappa shape index (κ2) is 6.28. The topological polar surface area (TPSA) is 54.3 Å². The fourth-order valence-corrected chi connectivity index (χ4v) is 3.20. The molecule has 6 nitrogen and oxygen atoms in total. The SMILES string of the molecule is CC(C)n1ncc2cc(C(=O)N3CCC(N(C)C)CC3)cnc21. The molecule has 23 heavy (non-hydrogen) atoms. The predicted octanol–water partition coefficient (Wildman–Crippen LogP) is 2.18. The number of likely N-dealkylation sites (tertiary alicyclic amines) is 1. The lowest BCUT2D eigenvalue weighted by atomic mass is 10.0. The number of nitrogens with zero attached hydrogens (tertiary/aromatic N) is 5. The normalized spacial score (nSPS) is 16.7. The summed E-state index contributed by atoms with van der Waals surface area (Å²) in [6.07, 6.45) is 5.53. The molecule has 2 aromatic heterocycles. The van der Waals surface area contributed by atoms with E-state index < -0.39 is 0 Å². The van der Waals surface area contributed by atoms with E-state index in [1.54, 1.807) is 12.4 Å². The van der Waals surface area contributed by atoms with Gasteiger partial charge in [-0.3, -0.25) is 4.79 Å². The molecule has 0 unspecified atom stereocenters. The largest absolute Gasteiger partial charge is 0.338 e. The van der Waals surface area contributed by atoms with Gasteiger partial charge in [0.25, 0.3) is 5.91 Å². The van der Waals surface area contributed by atoms with Crippen molar-refractivity contribution in [1.82, 2.24) is 24.6 Å². The molecule has 0 bridgehead atoms. The predicted molar refractivity (Wildman–Crippen MR) is 90.5 cm³/mol. The van der Waals surface area contributed by atoms with Gasteiger partial charge in [0.15, 0.2) is 5.65 Å². The van der Waals surface area contributed by atoms with Gasteiger partial charge < -0.3 is 9.80 Å². The summed E-state index contributed by atoms with van der Waals surface area (Å²) in [6.45, 7) is 5.76. The van der Waals surface area contributed by atoms with Crippen molar-refractivity contribution >= 4 is 16.9 Å². The second-order valence-electron chi connectivity index (χ2n) is 6.81. The Labute approximate surface area is 137 Å². The van der Waals surface area contributed by atoms with E-state index in [0.717, 1.165) is 37.0 Å². The van der Waals surface area contributed by atoms with E-state index in [2.05, 4.69) is 42.9 Å². The quantitative estimate of drug-likeness (QED) is 0.871. The molecule has 1 saturated heterocycles. The Hall–Kier alpha value is -1.95. The summed E-state index contributed by atoms with van der Waals surface area (Å²) in [4.78, 5) is 21.4. The third kappa shape index (κ3) is 3.08. The summed E-state index contributed by atoms with van der Waals surface area (Å²) < 4.78 is 1.88. The molecule has 1 aliphatic heterocycles. The summed E-state index contributed by atoms with van der Waals surface area (Å²) in [7, 11) is 4.21.